The third-order valence-corrected chi connectivity index (χ3v) is 4.08. The van der Waals surface area contributed by atoms with Gasteiger partial charge in [-0.2, -0.15) is 0 Å². The van der Waals surface area contributed by atoms with Crippen LogP contribution < -0.4 is 16.2 Å². The predicted octanol–water partition coefficient (Wildman–Crippen LogP) is 2.82. The van der Waals surface area contributed by atoms with Crippen LogP contribution in [0.15, 0.2) is 65.5 Å². The van der Waals surface area contributed by atoms with E-state index in [1.165, 1.54) is 37.3 Å². The summed E-state index contributed by atoms with van der Waals surface area (Å²) in [5.74, 6) is -1.68. The predicted molar refractivity (Wildman–Crippen MR) is 106 cm³/mol. The normalized spacial score (nSPS) is 12.1. The average molecular weight is 379 g/mol. The highest BCUT2D eigenvalue weighted by molar-refractivity contribution is 6.00. The molecule has 0 aliphatic carbocycles. The van der Waals surface area contributed by atoms with Crippen LogP contribution in [0.1, 0.15) is 12.5 Å². The highest BCUT2D eigenvalue weighted by Crippen LogP contribution is 2.13. The quantitative estimate of drug-likeness (QED) is 0.596. The summed E-state index contributed by atoms with van der Waals surface area (Å²) in [5.41, 5.74) is 0.727. The van der Waals surface area contributed by atoms with Gasteiger partial charge in [-0.3, -0.25) is 14.4 Å². The molecular formula is C21H18FN3O3. The Kier molecular flexibility index (Phi) is 5.64. The van der Waals surface area contributed by atoms with Gasteiger partial charge in [-0.1, -0.05) is 30.3 Å². The molecule has 0 aliphatic heterocycles. The summed E-state index contributed by atoms with van der Waals surface area (Å²) in [7, 11) is 0. The maximum atomic E-state index is 13.6. The van der Waals surface area contributed by atoms with Crippen molar-refractivity contribution in [2.45, 2.75) is 13.0 Å². The number of hydrogen-bond acceptors (Lipinski definition) is 3. The van der Waals surface area contributed by atoms with Crippen molar-refractivity contribution in [3.05, 3.63) is 82.4 Å². The number of benzene rings is 2. The molecule has 28 heavy (non-hydrogen) atoms. The number of aromatic nitrogens is 1. The molecular weight excluding hydrogens is 361 g/mol. The van der Waals surface area contributed by atoms with Crippen molar-refractivity contribution < 1.29 is 14.0 Å². The second kappa shape index (κ2) is 8.30. The summed E-state index contributed by atoms with van der Waals surface area (Å²) < 4.78 is 13.6. The van der Waals surface area contributed by atoms with Crippen molar-refractivity contribution in [2.24, 2.45) is 0 Å². The number of nitrogens with one attached hydrogen (secondary N) is 3. The number of carbonyl (C=O) groups is 2. The van der Waals surface area contributed by atoms with E-state index in [0.29, 0.717) is 11.1 Å². The molecule has 0 saturated heterocycles. The third-order valence-electron chi connectivity index (χ3n) is 4.08. The fourth-order valence-corrected chi connectivity index (χ4v) is 2.58. The molecule has 0 radical (unpaired) electrons. The Morgan fingerprint density at radius 2 is 1.82 bits per heavy atom. The summed E-state index contributed by atoms with van der Waals surface area (Å²) >= 11 is 0. The Hall–Kier alpha value is -3.74. The summed E-state index contributed by atoms with van der Waals surface area (Å²) in [6.07, 6.45) is 2.55. The first-order valence-electron chi connectivity index (χ1n) is 8.60. The number of halogens is 1. The lowest BCUT2D eigenvalue weighted by atomic mass is 10.1. The van der Waals surface area contributed by atoms with Gasteiger partial charge in [0, 0.05) is 17.2 Å². The topological polar surface area (TPSA) is 91.1 Å². The lowest BCUT2D eigenvalue weighted by Crippen LogP contribution is -2.41. The number of rotatable bonds is 5. The highest BCUT2D eigenvalue weighted by atomic mass is 19.1. The number of pyridine rings is 1. The van der Waals surface area contributed by atoms with E-state index in [1.807, 2.05) is 18.2 Å². The van der Waals surface area contributed by atoms with Gasteiger partial charge in [0.25, 0.3) is 5.56 Å². The number of para-hydroxylation sites is 2. The minimum absolute atomic E-state index is 0.0341. The maximum absolute atomic E-state index is 13.6. The molecule has 7 heteroatoms. The number of H-pyrrole nitrogens is 1. The van der Waals surface area contributed by atoms with Crippen molar-refractivity contribution in [1.82, 2.24) is 10.3 Å². The van der Waals surface area contributed by atoms with E-state index >= 15 is 0 Å². The number of carbonyl (C=O) groups excluding carboxylic acids is 2. The van der Waals surface area contributed by atoms with E-state index in [1.54, 1.807) is 18.2 Å². The minimum Gasteiger partial charge on any atom is -0.341 e. The summed E-state index contributed by atoms with van der Waals surface area (Å²) in [4.78, 5) is 39.0. The average Bonchev–Trinajstić information content (AvgIpc) is 2.68. The van der Waals surface area contributed by atoms with Crippen molar-refractivity contribution in [3.8, 4) is 0 Å². The Morgan fingerprint density at radius 1 is 1.11 bits per heavy atom. The van der Waals surface area contributed by atoms with Crippen LogP contribution in [0.2, 0.25) is 0 Å². The van der Waals surface area contributed by atoms with Crippen LogP contribution in [0.25, 0.3) is 17.0 Å². The molecule has 3 rings (SSSR count). The maximum Gasteiger partial charge on any atom is 0.255 e. The van der Waals surface area contributed by atoms with Crippen LogP contribution in [0.3, 0.4) is 0 Å². The van der Waals surface area contributed by atoms with E-state index in [4.69, 9.17) is 0 Å². The van der Waals surface area contributed by atoms with Crippen LogP contribution in [0.5, 0.6) is 0 Å². The van der Waals surface area contributed by atoms with Crippen LogP contribution in [-0.2, 0) is 9.59 Å². The fourth-order valence-electron chi connectivity index (χ4n) is 2.58. The second-order valence-corrected chi connectivity index (χ2v) is 6.17. The number of aromatic amines is 1. The zero-order chi connectivity index (χ0) is 20.1. The summed E-state index contributed by atoms with van der Waals surface area (Å²) in [5, 5.41) is 5.72. The molecule has 1 atom stereocenters. The Balaban J connectivity index is 1.65. The Labute approximate surface area is 160 Å². The van der Waals surface area contributed by atoms with Gasteiger partial charge in [-0.05, 0) is 42.7 Å². The minimum atomic E-state index is -0.897. The first kappa shape index (κ1) is 19.0. The molecule has 1 aromatic heterocycles. The lowest BCUT2D eigenvalue weighted by Gasteiger charge is -2.13. The number of fused-ring (bicyclic) bond motifs is 1. The number of amides is 2. The molecule has 0 saturated carbocycles. The van der Waals surface area contributed by atoms with Gasteiger partial charge >= 0.3 is 0 Å². The molecule has 0 aliphatic rings. The number of hydrogen-bond donors (Lipinski definition) is 3. The smallest absolute Gasteiger partial charge is 0.255 e. The van der Waals surface area contributed by atoms with E-state index < -0.39 is 23.7 Å². The van der Waals surface area contributed by atoms with Crippen LogP contribution >= 0.6 is 0 Å². The molecule has 3 N–H and O–H groups in total. The summed E-state index contributed by atoms with van der Waals surface area (Å²) in [6.45, 7) is 1.48. The molecule has 2 amide bonds. The van der Waals surface area contributed by atoms with Crippen molar-refractivity contribution >= 4 is 34.5 Å². The van der Waals surface area contributed by atoms with Gasteiger partial charge in [-0.15, -0.1) is 0 Å². The second-order valence-electron chi connectivity index (χ2n) is 6.17. The first-order valence-corrected chi connectivity index (χ1v) is 8.60. The third kappa shape index (κ3) is 4.50. The van der Waals surface area contributed by atoms with E-state index in [2.05, 4.69) is 15.6 Å². The Bertz CT molecular complexity index is 1120. The Morgan fingerprint density at radius 3 is 2.61 bits per heavy atom. The van der Waals surface area contributed by atoms with E-state index in [9.17, 15) is 18.8 Å². The van der Waals surface area contributed by atoms with Gasteiger partial charge in [0.1, 0.15) is 11.9 Å². The van der Waals surface area contributed by atoms with Gasteiger partial charge in [0.15, 0.2) is 0 Å². The molecule has 6 nitrogen and oxygen atoms in total. The molecule has 1 unspecified atom stereocenters. The fraction of sp³-hybridized carbons (Fsp3) is 0.0952. The lowest BCUT2D eigenvalue weighted by molar-refractivity contribution is -0.123. The van der Waals surface area contributed by atoms with E-state index in [-0.39, 0.29) is 11.2 Å². The molecule has 0 bridgehead atoms. The molecule has 0 fully saturated rings. The van der Waals surface area contributed by atoms with Crippen LogP contribution in [0, 0.1) is 5.82 Å². The van der Waals surface area contributed by atoms with Crippen LogP contribution in [0.4, 0.5) is 10.1 Å². The molecule has 1 heterocycles. The molecule has 2 aromatic carbocycles. The number of anilines is 1. The molecule has 3 aromatic rings. The standard InChI is InChI=1S/C21H18FN3O3/c1-13(20(27)25-18-9-5-3-7-16(18)22)23-19(26)11-10-15-12-14-6-2-4-8-17(14)24-21(15)28/h2-13H,1H3,(H,23,26)(H,24,28)(H,25,27)/b11-10+. The van der Waals surface area contributed by atoms with Crippen molar-refractivity contribution in [3.63, 3.8) is 0 Å². The monoisotopic (exact) mass is 379 g/mol. The van der Waals surface area contributed by atoms with Gasteiger partial charge in [0.2, 0.25) is 11.8 Å². The molecule has 0 spiro atoms. The van der Waals surface area contributed by atoms with Gasteiger partial charge in [0.05, 0.1) is 5.69 Å². The van der Waals surface area contributed by atoms with Crippen molar-refractivity contribution in [1.29, 1.82) is 0 Å². The SMILES string of the molecule is CC(NC(=O)/C=C/c1cc2ccccc2[nH]c1=O)C(=O)Nc1ccccc1F. The zero-order valence-electron chi connectivity index (χ0n) is 15.0. The highest BCUT2D eigenvalue weighted by Gasteiger charge is 2.15. The van der Waals surface area contributed by atoms with Crippen LogP contribution in [-0.4, -0.2) is 22.8 Å². The zero-order valence-corrected chi connectivity index (χ0v) is 15.0. The summed E-state index contributed by atoms with van der Waals surface area (Å²) in [6, 6.07) is 13.8. The van der Waals surface area contributed by atoms with Gasteiger partial charge < -0.3 is 15.6 Å². The van der Waals surface area contributed by atoms with Gasteiger partial charge in [-0.25, -0.2) is 4.39 Å². The van der Waals surface area contributed by atoms with Crippen molar-refractivity contribution in [2.75, 3.05) is 5.32 Å². The van der Waals surface area contributed by atoms with E-state index in [0.717, 1.165) is 5.39 Å². The molecule has 142 valence electrons. The largest absolute Gasteiger partial charge is 0.341 e. The first-order chi connectivity index (χ1) is 13.4.